The van der Waals surface area contributed by atoms with E-state index in [1.165, 1.54) is 0 Å². The van der Waals surface area contributed by atoms with Crippen molar-refractivity contribution in [3.63, 3.8) is 0 Å². The molecule has 3 N–H and O–H groups in total. The third-order valence-electron chi connectivity index (χ3n) is 4.82. The van der Waals surface area contributed by atoms with Crippen molar-refractivity contribution in [1.82, 2.24) is 15.6 Å². The van der Waals surface area contributed by atoms with E-state index in [1.54, 1.807) is 12.4 Å². The number of rotatable bonds is 4. The Morgan fingerprint density at radius 1 is 1.08 bits per heavy atom. The van der Waals surface area contributed by atoms with E-state index in [4.69, 9.17) is 0 Å². The van der Waals surface area contributed by atoms with Gasteiger partial charge in [0.15, 0.2) is 0 Å². The first kappa shape index (κ1) is 17.4. The molecule has 3 rings (SSSR count). The molecule has 0 unspecified atom stereocenters. The van der Waals surface area contributed by atoms with Crippen molar-refractivity contribution in [1.29, 1.82) is 0 Å². The number of amides is 2. The molecule has 0 spiro atoms. The minimum Gasteiger partial charge on any atom is -0.391 e. The zero-order valence-corrected chi connectivity index (χ0v) is 14.5. The average molecular weight is 339 g/mol. The van der Waals surface area contributed by atoms with Crippen molar-refractivity contribution in [2.75, 3.05) is 0 Å². The number of hydrogen-bond acceptors (Lipinski definition) is 3. The normalized spacial score (nSPS) is 21.4. The SMILES string of the molecule is C[C@H](NC(=O)N[C@@H]1CCCC[C@@H]1O)c1ccc(-c2ccncc2)cc1. The van der Waals surface area contributed by atoms with Crippen molar-refractivity contribution >= 4 is 6.03 Å². The summed E-state index contributed by atoms with van der Waals surface area (Å²) >= 11 is 0. The maximum Gasteiger partial charge on any atom is 0.315 e. The van der Waals surface area contributed by atoms with Crippen LogP contribution < -0.4 is 10.6 Å². The van der Waals surface area contributed by atoms with Gasteiger partial charge in [0.25, 0.3) is 0 Å². The van der Waals surface area contributed by atoms with Crippen LogP contribution in [-0.2, 0) is 0 Å². The van der Waals surface area contributed by atoms with Gasteiger partial charge in [0.2, 0.25) is 0 Å². The van der Waals surface area contributed by atoms with Gasteiger partial charge in [-0.05, 0) is 48.6 Å². The Bertz CT molecular complexity index is 688. The second kappa shape index (κ2) is 8.12. The molecular formula is C20H25N3O2. The van der Waals surface area contributed by atoms with Crippen LogP contribution >= 0.6 is 0 Å². The Labute approximate surface area is 148 Å². The molecule has 1 aliphatic rings. The van der Waals surface area contributed by atoms with Crippen molar-refractivity contribution < 1.29 is 9.90 Å². The standard InChI is InChI=1S/C20H25N3O2/c1-14(22-20(25)23-18-4-2-3-5-19(18)24)15-6-8-16(9-7-15)17-10-12-21-13-11-17/h6-14,18-19,24H,2-5H2,1H3,(H2,22,23,25)/t14-,18+,19-/m0/s1. The number of nitrogens with one attached hydrogen (secondary N) is 2. The highest BCUT2D eigenvalue weighted by atomic mass is 16.3. The van der Waals surface area contributed by atoms with Crippen LogP contribution in [0.15, 0.2) is 48.8 Å². The van der Waals surface area contributed by atoms with Crippen LogP contribution in [0.5, 0.6) is 0 Å². The summed E-state index contributed by atoms with van der Waals surface area (Å²) in [4.78, 5) is 16.2. The summed E-state index contributed by atoms with van der Waals surface area (Å²) in [6.45, 7) is 1.96. The number of urea groups is 1. The number of aliphatic hydroxyl groups is 1. The van der Waals surface area contributed by atoms with Crippen molar-refractivity contribution in [3.8, 4) is 11.1 Å². The smallest absolute Gasteiger partial charge is 0.315 e. The highest BCUT2D eigenvalue weighted by Crippen LogP contribution is 2.22. The fraction of sp³-hybridized carbons (Fsp3) is 0.400. The number of carbonyl (C=O) groups is 1. The molecule has 1 saturated carbocycles. The second-order valence-electron chi connectivity index (χ2n) is 6.66. The summed E-state index contributed by atoms with van der Waals surface area (Å²) in [6.07, 6.45) is 6.79. The van der Waals surface area contributed by atoms with E-state index in [2.05, 4.69) is 15.6 Å². The number of aromatic nitrogens is 1. The lowest BCUT2D eigenvalue weighted by atomic mass is 9.93. The lowest BCUT2D eigenvalue weighted by molar-refractivity contribution is 0.0941. The molecule has 1 heterocycles. The Kier molecular flexibility index (Phi) is 5.66. The summed E-state index contributed by atoms with van der Waals surface area (Å²) in [5.41, 5.74) is 3.27. The zero-order chi connectivity index (χ0) is 17.6. The maximum atomic E-state index is 12.2. The molecule has 5 heteroatoms. The largest absolute Gasteiger partial charge is 0.391 e. The van der Waals surface area contributed by atoms with E-state index in [9.17, 15) is 9.90 Å². The molecule has 2 amide bonds. The monoisotopic (exact) mass is 339 g/mol. The van der Waals surface area contributed by atoms with Gasteiger partial charge in [0, 0.05) is 12.4 Å². The minimum atomic E-state index is -0.436. The van der Waals surface area contributed by atoms with Crippen molar-refractivity contribution in [2.24, 2.45) is 0 Å². The van der Waals surface area contributed by atoms with Crippen LogP contribution in [0, 0.1) is 0 Å². The summed E-state index contributed by atoms with van der Waals surface area (Å²) in [5, 5.41) is 15.8. The highest BCUT2D eigenvalue weighted by Gasteiger charge is 2.24. The van der Waals surface area contributed by atoms with Crippen LogP contribution in [0.1, 0.15) is 44.2 Å². The van der Waals surface area contributed by atoms with Crippen LogP contribution in [0.4, 0.5) is 4.79 Å². The number of nitrogens with zero attached hydrogens (tertiary/aromatic N) is 1. The van der Waals surface area contributed by atoms with E-state index < -0.39 is 6.10 Å². The topological polar surface area (TPSA) is 74.2 Å². The fourth-order valence-electron chi connectivity index (χ4n) is 3.28. The van der Waals surface area contributed by atoms with E-state index in [1.807, 2.05) is 43.3 Å². The Morgan fingerprint density at radius 3 is 2.40 bits per heavy atom. The molecule has 1 fully saturated rings. The first-order chi connectivity index (χ1) is 12.1. The van der Waals surface area contributed by atoms with Crippen LogP contribution in [0.2, 0.25) is 0 Å². The predicted octanol–water partition coefficient (Wildman–Crippen LogP) is 3.41. The van der Waals surface area contributed by atoms with Gasteiger partial charge < -0.3 is 15.7 Å². The zero-order valence-electron chi connectivity index (χ0n) is 14.5. The van der Waals surface area contributed by atoms with Gasteiger partial charge in [-0.1, -0.05) is 37.1 Å². The van der Waals surface area contributed by atoms with Gasteiger partial charge in [-0.15, -0.1) is 0 Å². The molecule has 1 aromatic carbocycles. The number of aliphatic hydroxyl groups excluding tert-OH is 1. The lowest BCUT2D eigenvalue weighted by Crippen LogP contribution is -2.49. The van der Waals surface area contributed by atoms with Gasteiger partial charge >= 0.3 is 6.03 Å². The summed E-state index contributed by atoms with van der Waals surface area (Å²) in [6, 6.07) is 11.6. The Hall–Kier alpha value is -2.40. The lowest BCUT2D eigenvalue weighted by Gasteiger charge is -2.29. The minimum absolute atomic E-state index is 0.104. The van der Waals surface area contributed by atoms with Crippen LogP contribution in [0.3, 0.4) is 0 Å². The molecule has 5 nitrogen and oxygen atoms in total. The van der Waals surface area contributed by atoms with E-state index in [0.717, 1.165) is 42.4 Å². The van der Waals surface area contributed by atoms with E-state index in [-0.39, 0.29) is 18.1 Å². The number of carbonyl (C=O) groups excluding carboxylic acids is 1. The maximum absolute atomic E-state index is 12.2. The molecular weight excluding hydrogens is 314 g/mol. The van der Waals surface area contributed by atoms with Gasteiger partial charge in [-0.3, -0.25) is 4.98 Å². The first-order valence-corrected chi connectivity index (χ1v) is 8.89. The molecule has 1 aromatic heterocycles. The number of hydrogen-bond donors (Lipinski definition) is 3. The molecule has 0 radical (unpaired) electrons. The Balaban J connectivity index is 1.57. The molecule has 0 bridgehead atoms. The highest BCUT2D eigenvalue weighted by molar-refractivity contribution is 5.75. The van der Waals surface area contributed by atoms with Crippen molar-refractivity contribution in [2.45, 2.75) is 50.8 Å². The summed E-state index contributed by atoms with van der Waals surface area (Å²) in [7, 11) is 0. The molecule has 0 aliphatic heterocycles. The van der Waals surface area contributed by atoms with Crippen LogP contribution in [0.25, 0.3) is 11.1 Å². The fourth-order valence-corrected chi connectivity index (χ4v) is 3.28. The van der Waals surface area contributed by atoms with Crippen LogP contribution in [-0.4, -0.2) is 28.3 Å². The third kappa shape index (κ3) is 4.57. The van der Waals surface area contributed by atoms with E-state index >= 15 is 0 Å². The number of pyridine rings is 1. The average Bonchev–Trinajstić information content (AvgIpc) is 2.64. The van der Waals surface area contributed by atoms with E-state index in [0.29, 0.717) is 0 Å². The quantitative estimate of drug-likeness (QED) is 0.799. The predicted molar refractivity (Wildman–Crippen MR) is 98.0 cm³/mol. The van der Waals surface area contributed by atoms with Gasteiger partial charge in [0.05, 0.1) is 18.2 Å². The third-order valence-corrected chi connectivity index (χ3v) is 4.82. The van der Waals surface area contributed by atoms with Gasteiger partial charge in [0.1, 0.15) is 0 Å². The molecule has 25 heavy (non-hydrogen) atoms. The Morgan fingerprint density at radius 2 is 1.72 bits per heavy atom. The molecule has 2 aromatic rings. The molecule has 0 saturated heterocycles. The molecule has 132 valence electrons. The van der Waals surface area contributed by atoms with Crippen molar-refractivity contribution in [3.05, 3.63) is 54.4 Å². The molecule has 1 aliphatic carbocycles. The van der Waals surface area contributed by atoms with Gasteiger partial charge in [-0.2, -0.15) is 0 Å². The summed E-state index contributed by atoms with van der Waals surface area (Å²) < 4.78 is 0. The molecule has 3 atom stereocenters. The number of benzene rings is 1. The van der Waals surface area contributed by atoms with Gasteiger partial charge in [-0.25, -0.2) is 4.79 Å². The summed E-state index contributed by atoms with van der Waals surface area (Å²) in [5.74, 6) is 0. The first-order valence-electron chi connectivity index (χ1n) is 8.89. The second-order valence-corrected chi connectivity index (χ2v) is 6.66.